The van der Waals surface area contributed by atoms with Crippen molar-refractivity contribution in [2.24, 2.45) is 16.1 Å². The number of furan rings is 1. The third kappa shape index (κ3) is 6.47. The number of carbonyl (C=O) groups is 2. The van der Waals surface area contributed by atoms with E-state index in [1.807, 2.05) is 18.2 Å². The summed E-state index contributed by atoms with van der Waals surface area (Å²) in [5.74, 6) is -0.396. The molecule has 1 aliphatic heterocycles. The van der Waals surface area contributed by atoms with Gasteiger partial charge in [0.15, 0.2) is 11.6 Å². The van der Waals surface area contributed by atoms with Crippen LogP contribution in [-0.4, -0.2) is 43.8 Å². The highest BCUT2D eigenvalue weighted by Gasteiger charge is 2.23. The van der Waals surface area contributed by atoms with Crippen LogP contribution in [0.2, 0.25) is 0 Å². The molecule has 5 N–H and O–H groups in total. The van der Waals surface area contributed by atoms with E-state index in [1.165, 1.54) is 17.5 Å². The van der Waals surface area contributed by atoms with Crippen molar-refractivity contribution >= 4 is 34.7 Å². The van der Waals surface area contributed by atoms with Crippen LogP contribution in [0.3, 0.4) is 0 Å². The van der Waals surface area contributed by atoms with Crippen molar-refractivity contribution < 1.29 is 14.0 Å². The molecule has 42 heavy (non-hydrogen) atoms. The predicted octanol–water partition coefficient (Wildman–Crippen LogP) is 4.75. The van der Waals surface area contributed by atoms with Crippen molar-refractivity contribution in [3.05, 3.63) is 113 Å². The van der Waals surface area contributed by atoms with Gasteiger partial charge in [0, 0.05) is 49.5 Å². The smallest absolute Gasteiger partial charge is 0.291 e. The largest absolute Gasteiger partial charge is 0.459 e. The first-order valence-corrected chi connectivity index (χ1v) is 13.5. The molecule has 0 radical (unpaired) electrons. The fourth-order valence-corrected chi connectivity index (χ4v) is 4.99. The summed E-state index contributed by atoms with van der Waals surface area (Å²) in [5, 5.41) is 12.4. The maximum absolute atomic E-state index is 13.2. The van der Waals surface area contributed by atoms with Gasteiger partial charge < -0.3 is 30.6 Å². The van der Waals surface area contributed by atoms with Gasteiger partial charge in [0.25, 0.3) is 11.8 Å². The van der Waals surface area contributed by atoms with Crippen LogP contribution in [0.5, 0.6) is 0 Å². The molecule has 4 aromatic rings. The van der Waals surface area contributed by atoms with Crippen molar-refractivity contribution in [2.45, 2.75) is 13.5 Å². The Labute approximate surface area is 243 Å². The zero-order valence-corrected chi connectivity index (χ0v) is 23.2. The van der Waals surface area contributed by atoms with Gasteiger partial charge in [0.2, 0.25) is 0 Å². The van der Waals surface area contributed by atoms with Crippen LogP contribution in [0.15, 0.2) is 99.9 Å². The van der Waals surface area contributed by atoms with Gasteiger partial charge in [-0.1, -0.05) is 41.6 Å². The molecule has 0 spiro atoms. The second kappa shape index (κ2) is 12.8. The molecule has 1 aliphatic rings. The lowest BCUT2D eigenvalue weighted by Crippen LogP contribution is -2.47. The van der Waals surface area contributed by atoms with Gasteiger partial charge in [0.05, 0.1) is 17.6 Å². The molecule has 1 fully saturated rings. The molecular formula is C31H32N8O3. The standard InChI is InChI=1S/C31H32N8O3/c1-21-6-2-3-9-26(21)38-13-15-39(16-14-38)27-12-11-24(19-25(27)35-31(41)28-10-5-17-42-28)30(40)34-20-22-7-4-8-23(18-22)29(32)36-37-33/h2-12,17-19H,13-16,20H2,1H3,(H,34,40)(H,35,41)(H3,32,33,36). The van der Waals surface area contributed by atoms with Crippen LogP contribution in [-0.2, 0) is 6.54 Å². The first-order valence-electron chi connectivity index (χ1n) is 13.5. The second-order valence-electron chi connectivity index (χ2n) is 9.89. The number of nitrogens with zero attached hydrogens (tertiary/aromatic N) is 4. The first kappa shape index (κ1) is 28.1. The Kier molecular flexibility index (Phi) is 8.57. The minimum absolute atomic E-state index is 0.116. The predicted molar refractivity (Wildman–Crippen MR) is 162 cm³/mol. The third-order valence-electron chi connectivity index (χ3n) is 7.16. The highest BCUT2D eigenvalue weighted by Crippen LogP contribution is 2.30. The lowest BCUT2D eigenvalue weighted by Gasteiger charge is -2.38. The highest BCUT2D eigenvalue weighted by molar-refractivity contribution is 6.05. The SMILES string of the molecule is Cc1ccccc1N1CCN(c2ccc(C(=O)NCc3cccc(/C(N)=N/N=N)c3)cc2NC(=O)c2ccco2)CC1. The number of carbonyl (C=O) groups excluding carboxylic acids is 2. The second-order valence-corrected chi connectivity index (χ2v) is 9.89. The molecule has 0 bridgehead atoms. The maximum atomic E-state index is 13.2. The van der Waals surface area contributed by atoms with E-state index >= 15 is 0 Å². The fraction of sp³-hybridized carbons (Fsp3) is 0.194. The quantitative estimate of drug-likeness (QED) is 0.0996. The molecule has 214 valence electrons. The fourth-order valence-electron chi connectivity index (χ4n) is 4.99. The Hall–Kier alpha value is -5.45. The number of rotatable bonds is 9. The summed E-state index contributed by atoms with van der Waals surface area (Å²) in [6.07, 6.45) is 1.45. The number of nitrogens with two attached hydrogens (primary N) is 1. The van der Waals surface area contributed by atoms with Gasteiger partial charge >= 0.3 is 0 Å². The lowest BCUT2D eigenvalue weighted by atomic mass is 10.1. The number of benzene rings is 3. The number of piperazine rings is 1. The number of amides is 2. The van der Waals surface area contributed by atoms with Crippen molar-refractivity contribution in [3.8, 4) is 0 Å². The summed E-state index contributed by atoms with van der Waals surface area (Å²) in [5.41, 5.74) is 18.3. The average Bonchev–Trinajstić information content (AvgIpc) is 3.56. The van der Waals surface area contributed by atoms with E-state index in [0.717, 1.165) is 37.4 Å². The van der Waals surface area contributed by atoms with Crippen LogP contribution < -0.4 is 26.2 Å². The molecule has 1 aromatic heterocycles. The van der Waals surface area contributed by atoms with E-state index in [1.54, 1.807) is 42.5 Å². The van der Waals surface area contributed by atoms with Gasteiger partial charge in [-0.3, -0.25) is 9.59 Å². The van der Waals surface area contributed by atoms with Crippen molar-refractivity contribution in [1.82, 2.24) is 5.32 Å². The minimum Gasteiger partial charge on any atom is -0.459 e. The third-order valence-corrected chi connectivity index (χ3v) is 7.16. The summed E-state index contributed by atoms with van der Waals surface area (Å²) >= 11 is 0. The molecule has 11 nitrogen and oxygen atoms in total. The molecule has 3 aromatic carbocycles. The van der Waals surface area contributed by atoms with Gasteiger partial charge in [-0.15, -0.1) is 5.10 Å². The molecule has 0 atom stereocenters. The number of para-hydroxylation sites is 1. The number of aryl methyl sites for hydroxylation is 1. The number of nitrogens with one attached hydrogen (secondary N) is 3. The van der Waals surface area contributed by atoms with E-state index in [0.29, 0.717) is 16.8 Å². The van der Waals surface area contributed by atoms with Crippen LogP contribution >= 0.6 is 0 Å². The average molecular weight is 565 g/mol. The molecule has 0 aliphatic carbocycles. The zero-order valence-electron chi connectivity index (χ0n) is 23.2. The maximum Gasteiger partial charge on any atom is 0.291 e. The van der Waals surface area contributed by atoms with Crippen LogP contribution in [0.25, 0.3) is 0 Å². The van der Waals surface area contributed by atoms with Crippen molar-refractivity contribution in [1.29, 1.82) is 5.53 Å². The summed E-state index contributed by atoms with van der Waals surface area (Å²) in [6.45, 7) is 5.50. The Morgan fingerprint density at radius 2 is 1.64 bits per heavy atom. The Balaban J connectivity index is 1.33. The number of amidine groups is 1. The van der Waals surface area contributed by atoms with Crippen molar-refractivity contribution in [2.75, 3.05) is 41.3 Å². The summed E-state index contributed by atoms with van der Waals surface area (Å²) in [7, 11) is 0. The molecule has 2 amide bonds. The van der Waals surface area contributed by atoms with Crippen LogP contribution in [0, 0.1) is 12.5 Å². The molecule has 1 saturated heterocycles. The summed E-state index contributed by atoms with van der Waals surface area (Å²) in [6, 6.07) is 24.1. The van der Waals surface area contributed by atoms with E-state index in [9.17, 15) is 9.59 Å². The Bertz CT molecular complexity index is 1610. The number of hydrogen-bond donors (Lipinski definition) is 4. The molecular weight excluding hydrogens is 532 g/mol. The summed E-state index contributed by atoms with van der Waals surface area (Å²) in [4.78, 5) is 30.7. The number of anilines is 3. The van der Waals surface area contributed by atoms with Crippen LogP contribution in [0.1, 0.15) is 37.6 Å². The topological polar surface area (TPSA) is 152 Å². The molecule has 2 heterocycles. The van der Waals surface area contributed by atoms with Crippen molar-refractivity contribution in [3.63, 3.8) is 0 Å². The molecule has 0 saturated carbocycles. The van der Waals surface area contributed by atoms with E-state index < -0.39 is 5.91 Å². The number of hydrogen-bond acceptors (Lipinski definition) is 7. The monoisotopic (exact) mass is 564 g/mol. The normalized spacial score (nSPS) is 13.5. The summed E-state index contributed by atoms with van der Waals surface area (Å²) < 4.78 is 5.29. The van der Waals surface area contributed by atoms with E-state index in [4.69, 9.17) is 15.7 Å². The molecule has 5 rings (SSSR count). The minimum atomic E-state index is -0.396. The van der Waals surface area contributed by atoms with Gasteiger partial charge in [0.1, 0.15) is 0 Å². The van der Waals surface area contributed by atoms with Crippen LogP contribution in [0.4, 0.5) is 17.1 Å². The highest BCUT2D eigenvalue weighted by atomic mass is 16.3. The Morgan fingerprint density at radius 3 is 2.36 bits per heavy atom. The van der Waals surface area contributed by atoms with Gasteiger partial charge in [-0.05, 0) is 60.5 Å². The van der Waals surface area contributed by atoms with E-state index in [-0.39, 0.29) is 24.0 Å². The van der Waals surface area contributed by atoms with E-state index in [2.05, 4.69) is 55.9 Å². The Morgan fingerprint density at radius 1 is 0.881 bits per heavy atom. The van der Waals surface area contributed by atoms with Gasteiger partial charge in [-0.25, -0.2) is 0 Å². The molecule has 11 heteroatoms. The molecule has 0 unspecified atom stereocenters. The van der Waals surface area contributed by atoms with Gasteiger partial charge in [-0.2, -0.15) is 5.53 Å². The first-order chi connectivity index (χ1) is 20.4. The lowest BCUT2D eigenvalue weighted by molar-refractivity contribution is 0.0949. The zero-order chi connectivity index (χ0) is 29.5.